The van der Waals surface area contributed by atoms with Crippen molar-refractivity contribution >= 4 is 30.0 Å². The molecule has 0 aliphatic heterocycles. The number of alkyl halides is 6. The van der Waals surface area contributed by atoms with Gasteiger partial charge in [-0.05, 0) is 73.9 Å². The highest BCUT2D eigenvalue weighted by molar-refractivity contribution is 7.80. The van der Waals surface area contributed by atoms with Crippen molar-refractivity contribution in [3.05, 3.63) is 76.7 Å². The number of hydrogen-bond donors (Lipinski definition) is 3. The fourth-order valence-corrected chi connectivity index (χ4v) is 4.47. The number of likely N-dealkylation sites (N-methyl/N-ethyl adjacent to an activating group) is 1. The Morgan fingerprint density at radius 3 is 2.02 bits per heavy atom. The number of aliphatic hydroxyl groups is 1. The number of carbonyl (C=O) groups excluding carboxylic acids is 1. The Kier molecular flexibility index (Phi) is 9.33. The van der Waals surface area contributed by atoms with E-state index in [-0.39, 0.29) is 29.9 Å². The highest BCUT2D eigenvalue weighted by Gasteiger charge is 2.41. The maximum Gasteiger partial charge on any atom is 0.416 e. The fraction of sp³-hybridized carbons (Fsp3) is 0.357. The first kappa shape index (κ1) is 32.2. The topological polar surface area (TPSA) is 65.5 Å². The van der Waals surface area contributed by atoms with Gasteiger partial charge in [-0.15, -0.1) is 0 Å². The Balaban J connectivity index is 2.16. The van der Waals surface area contributed by atoms with Crippen molar-refractivity contribution < 1.29 is 40.6 Å². The average Bonchev–Trinajstić information content (AvgIpc) is 2.89. The standard InChI is InChI=1S/C28H28F7N3O2S/c1-15-7-19(29)5-6-21(15)22-11-24(37-20(13-39)14-41)36-12-23(22)38(4)25(40)26(2,3)16-8-17(27(30,31)32)10-18(9-16)28(33,34)35/h5-12,20,39,41H,13-14H2,1-4H3,(H,36,37). The lowest BCUT2D eigenvalue weighted by atomic mass is 9.81. The molecule has 0 radical (unpaired) electrons. The largest absolute Gasteiger partial charge is 0.416 e. The smallest absolute Gasteiger partial charge is 0.394 e. The second kappa shape index (κ2) is 11.9. The lowest BCUT2D eigenvalue weighted by Crippen LogP contribution is -2.42. The van der Waals surface area contributed by atoms with Crippen molar-refractivity contribution in [2.75, 3.05) is 29.6 Å². The van der Waals surface area contributed by atoms with Gasteiger partial charge in [-0.3, -0.25) is 4.79 Å². The van der Waals surface area contributed by atoms with Crippen molar-refractivity contribution in [2.24, 2.45) is 0 Å². The van der Waals surface area contributed by atoms with E-state index < -0.39 is 52.2 Å². The van der Waals surface area contributed by atoms with E-state index >= 15 is 0 Å². The maximum absolute atomic E-state index is 13.9. The summed E-state index contributed by atoms with van der Waals surface area (Å²) in [6, 6.07) is 6.09. The summed E-state index contributed by atoms with van der Waals surface area (Å²) in [7, 11) is 1.32. The molecular formula is C28H28F7N3O2S. The Labute approximate surface area is 237 Å². The van der Waals surface area contributed by atoms with Gasteiger partial charge in [-0.1, -0.05) is 6.07 Å². The number of amides is 1. The van der Waals surface area contributed by atoms with Gasteiger partial charge in [0.1, 0.15) is 11.6 Å². The number of benzene rings is 2. The van der Waals surface area contributed by atoms with Crippen LogP contribution in [0.2, 0.25) is 0 Å². The van der Waals surface area contributed by atoms with Crippen molar-refractivity contribution in [1.82, 2.24) is 4.98 Å². The minimum absolute atomic E-state index is 0.00328. The van der Waals surface area contributed by atoms with Gasteiger partial charge in [0.05, 0.1) is 41.1 Å². The Morgan fingerprint density at radius 2 is 1.54 bits per heavy atom. The minimum atomic E-state index is -5.08. The van der Waals surface area contributed by atoms with Gasteiger partial charge in [0.15, 0.2) is 0 Å². The molecule has 0 spiro atoms. The molecule has 41 heavy (non-hydrogen) atoms. The zero-order valence-electron chi connectivity index (χ0n) is 22.5. The summed E-state index contributed by atoms with van der Waals surface area (Å²) in [6.45, 7) is 3.83. The lowest BCUT2D eigenvalue weighted by molar-refractivity contribution is -0.143. The van der Waals surface area contributed by atoms with E-state index in [0.717, 1.165) is 4.90 Å². The molecule has 2 aromatic carbocycles. The van der Waals surface area contributed by atoms with Gasteiger partial charge < -0.3 is 15.3 Å². The van der Waals surface area contributed by atoms with Crippen LogP contribution in [0.3, 0.4) is 0 Å². The number of carbonyl (C=O) groups is 1. The van der Waals surface area contributed by atoms with Gasteiger partial charge in [0.25, 0.3) is 0 Å². The van der Waals surface area contributed by atoms with Crippen LogP contribution in [0.5, 0.6) is 0 Å². The van der Waals surface area contributed by atoms with Gasteiger partial charge in [-0.25, -0.2) is 9.37 Å². The first-order chi connectivity index (χ1) is 18.9. The molecule has 0 fully saturated rings. The summed E-state index contributed by atoms with van der Waals surface area (Å²) in [5, 5.41) is 12.5. The molecule has 1 heterocycles. The number of aliphatic hydroxyl groups excluding tert-OH is 1. The zero-order valence-corrected chi connectivity index (χ0v) is 23.3. The Bertz CT molecular complexity index is 1390. The van der Waals surface area contributed by atoms with Crippen LogP contribution < -0.4 is 10.2 Å². The summed E-state index contributed by atoms with van der Waals surface area (Å²) in [5.74, 6) is -0.787. The van der Waals surface area contributed by atoms with E-state index in [1.165, 1.54) is 45.3 Å². The number of thiol groups is 1. The summed E-state index contributed by atoms with van der Waals surface area (Å²) >= 11 is 4.16. The number of aromatic nitrogens is 1. The molecule has 0 saturated heterocycles. The molecule has 0 saturated carbocycles. The van der Waals surface area contributed by atoms with Crippen LogP contribution in [0.25, 0.3) is 11.1 Å². The van der Waals surface area contributed by atoms with Crippen molar-refractivity contribution in [3.8, 4) is 11.1 Å². The van der Waals surface area contributed by atoms with Crippen LogP contribution in [0.4, 0.5) is 42.2 Å². The predicted octanol–water partition coefficient (Wildman–Crippen LogP) is 6.88. The Hall–Kier alpha value is -3.32. The average molecular weight is 604 g/mol. The number of pyridine rings is 1. The van der Waals surface area contributed by atoms with E-state index in [2.05, 4.69) is 22.9 Å². The zero-order chi connectivity index (χ0) is 30.9. The Morgan fingerprint density at radius 1 is 0.976 bits per heavy atom. The van der Waals surface area contributed by atoms with E-state index in [1.54, 1.807) is 13.0 Å². The van der Waals surface area contributed by atoms with Crippen molar-refractivity contribution in [2.45, 2.75) is 44.6 Å². The highest BCUT2D eigenvalue weighted by Crippen LogP contribution is 2.41. The molecule has 0 bridgehead atoms. The monoisotopic (exact) mass is 603 g/mol. The fourth-order valence-electron chi connectivity index (χ4n) is 4.27. The van der Waals surface area contributed by atoms with Crippen molar-refractivity contribution in [1.29, 1.82) is 0 Å². The van der Waals surface area contributed by atoms with Gasteiger partial charge in [0.2, 0.25) is 5.91 Å². The number of nitrogens with zero attached hydrogens (tertiary/aromatic N) is 2. The second-order valence-electron chi connectivity index (χ2n) is 10.0. The normalized spacial score (nSPS) is 13.2. The molecule has 3 aromatic rings. The molecule has 3 rings (SSSR count). The van der Waals surface area contributed by atoms with Gasteiger partial charge in [0, 0.05) is 18.4 Å². The summed E-state index contributed by atoms with van der Waals surface area (Å²) in [4.78, 5) is 19.1. The highest BCUT2D eigenvalue weighted by atomic mass is 32.1. The van der Waals surface area contributed by atoms with Crippen LogP contribution in [-0.4, -0.2) is 41.4 Å². The molecule has 1 unspecified atom stereocenters. The van der Waals surface area contributed by atoms with E-state index in [9.17, 15) is 40.6 Å². The maximum atomic E-state index is 13.9. The van der Waals surface area contributed by atoms with E-state index in [1.807, 2.05) is 0 Å². The van der Waals surface area contributed by atoms with Gasteiger partial charge in [-0.2, -0.15) is 39.0 Å². The molecule has 0 aliphatic rings. The van der Waals surface area contributed by atoms with Crippen LogP contribution >= 0.6 is 12.6 Å². The third-order valence-electron chi connectivity index (χ3n) is 6.66. The molecule has 5 nitrogen and oxygen atoms in total. The first-order valence-corrected chi connectivity index (χ1v) is 12.9. The molecule has 1 aromatic heterocycles. The predicted molar refractivity (Wildman–Crippen MR) is 146 cm³/mol. The number of nitrogens with one attached hydrogen (secondary N) is 1. The van der Waals surface area contributed by atoms with E-state index in [0.29, 0.717) is 28.8 Å². The summed E-state index contributed by atoms with van der Waals surface area (Å²) in [5.41, 5.74) is -3.88. The molecule has 1 atom stereocenters. The number of aryl methyl sites for hydroxylation is 1. The van der Waals surface area contributed by atoms with Crippen molar-refractivity contribution in [3.63, 3.8) is 0 Å². The number of anilines is 2. The van der Waals surface area contributed by atoms with Crippen LogP contribution in [-0.2, 0) is 22.6 Å². The molecule has 1 amide bonds. The third kappa shape index (κ3) is 7.13. The quantitative estimate of drug-likeness (QED) is 0.194. The van der Waals surface area contributed by atoms with Crippen LogP contribution in [0, 0.1) is 12.7 Å². The molecular weight excluding hydrogens is 575 g/mol. The summed E-state index contributed by atoms with van der Waals surface area (Å²) in [6.07, 6.45) is -8.87. The lowest BCUT2D eigenvalue weighted by Gasteiger charge is -2.32. The minimum Gasteiger partial charge on any atom is -0.394 e. The third-order valence-corrected chi connectivity index (χ3v) is 7.11. The molecule has 2 N–H and O–H groups in total. The molecule has 222 valence electrons. The number of hydrogen-bond acceptors (Lipinski definition) is 5. The van der Waals surface area contributed by atoms with E-state index in [4.69, 9.17) is 0 Å². The second-order valence-corrected chi connectivity index (χ2v) is 10.4. The summed E-state index contributed by atoms with van der Waals surface area (Å²) < 4.78 is 95.0. The van der Waals surface area contributed by atoms with Crippen LogP contribution in [0.15, 0.2) is 48.7 Å². The van der Waals surface area contributed by atoms with Gasteiger partial charge >= 0.3 is 12.4 Å². The number of halogens is 7. The SMILES string of the molecule is Cc1cc(F)ccc1-c1cc(NC(CO)CS)ncc1N(C)C(=O)C(C)(C)c1cc(C(F)(F)F)cc(C(F)(F)F)c1. The molecule has 0 aliphatic carbocycles. The first-order valence-electron chi connectivity index (χ1n) is 12.2. The molecule has 13 heteroatoms. The van der Waals surface area contributed by atoms with Crippen LogP contribution in [0.1, 0.15) is 36.1 Å². The number of rotatable bonds is 8.